The second kappa shape index (κ2) is 6.20. The standard InChI is InChI=1S/C14H20FNO3S/c1-16(13-7-9-20(18,19)10-13)8-6-14(17)11-2-4-12(15)5-3-11/h2-5,13-14,17H,6-10H2,1H3. The van der Waals surface area contributed by atoms with Gasteiger partial charge in [0.1, 0.15) is 5.82 Å². The van der Waals surface area contributed by atoms with Crippen LogP contribution in [0.4, 0.5) is 4.39 Å². The third kappa shape index (κ3) is 4.01. The van der Waals surface area contributed by atoms with E-state index in [1.807, 2.05) is 11.9 Å². The molecule has 2 atom stereocenters. The summed E-state index contributed by atoms with van der Waals surface area (Å²) in [4.78, 5) is 1.98. The topological polar surface area (TPSA) is 57.6 Å². The Morgan fingerprint density at radius 2 is 2.05 bits per heavy atom. The maximum absolute atomic E-state index is 12.8. The van der Waals surface area contributed by atoms with Gasteiger partial charge in [0, 0.05) is 12.6 Å². The number of aliphatic hydroxyl groups excluding tert-OH is 1. The van der Waals surface area contributed by atoms with Gasteiger partial charge >= 0.3 is 0 Å². The van der Waals surface area contributed by atoms with Gasteiger partial charge in [-0.2, -0.15) is 0 Å². The average Bonchev–Trinajstić information content (AvgIpc) is 2.77. The van der Waals surface area contributed by atoms with Crippen LogP contribution in [-0.2, 0) is 9.84 Å². The van der Waals surface area contributed by atoms with E-state index in [4.69, 9.17) is 0 Å². The number of rotatable bonds is 5. The number of halogens is 1. The third-order valence-electron chi connectivity index (χ3n) is 3.84. The smallest absolute Gasteiger partial charge is 0.151 e. The van der Waals surface area contributed by atoms with Crippen molar-refractivity contribution < 1.29 is 17.9 Å². The van der Waals surface area contributed by atoms with Gasteiger partial charge in [-0.3, -0.25) is 0 Å². The van der Waals surface area contributed by atoms with E-state index in [0.717, 1.165) is 0 Å². The first-order chi connectivity index (χ1) is 9.37. The maximum atomic E-state index is 12.8. The fourth-order valence-corrected chi connectivity index (χ4v) is 4.29. The Morgan fingerprint density at radius 3 is 2.60 bits per heavy atom. The molecule has 20 heavy (non-hydrogen) atoms. The van der Waals surface area contributed by atoms with Crippen LogP contribution in [0.5, 0.6) is 0 Å². The molecule has 1 saturated heterocycles. The van der Waals surface area contributed by atoms with Crippen molar-refractivity contribution in [3.8, 4) is 0 Å². The Balaban J connectivity index is 1.84. The van der Waals surface area contributed by atoms with Crippen molar-refractivity contribution in [2.45, 2.75) is 25.0 Å². The first-order valence-corrected chi connectivity index (χ1v) is 8.54. The zero-order valence-electron chi connectivity index (χ0n) is 11.5. The minimum absolute atomic E-state index is 0.0421. The second-order valence-corrected chi connectivity index (χ2v) is 7.62. The third-order valence-corrected chi connectivity index (χ3v) is 5.59. The monoisotopic (exact) mass is 301 g/mol. The molecule has 0 bridgehead atoms. The van der Waals surface area contributed by atoms with Crippen molar-refractivity contribution in [3.05, 3.63) is 35.6 Å². The summed E-state index contributed by atoms with van der Waals surface area (Å²) < 4.78 is 35.6. The van der Waals surface area contributed by atoms with Gasteiger partial charge < -0.3 is 10.0 Å². The van der Waals surface area contributed by atoms with Crippen molar-refractivity contribution in [1.82, 2.24) is 4.90 Å². The molecule has 1 N–H and O–H groups in total. The number of hydrogen-bond acceptors (Lipinski definition) is 4. The highest BCUT2D eigenvalue weighted by Crippen LogP contribution is 2.20. The lowest BCUT2D eigenvalue weighted by atomic mass is 10.1. The number of benzene rings is 1. The summed E-state index contributed by atoms with van der Waals surface area (Å²) in [5.41, 5.74) is 0.679. The molecule has 2 unspecified atom stereocenters. The predicted octanol–water partition coefficient (Wildman–Crippen LogP) is 1.37. The highest BCUT2D eigenvalue weighted by molar-refractivity contribution is 7.91. The zero-order chi connectivity index (χ0) is 14.8. The van der Waals surface area contributed by atoms with Gasteiger partial charge in [-0.05, 0) is 37.6 Å². The van der Waals surface area contributed by atoms with Crippen LogP contribution in [-0.4, -0.2) is 49.6 Å². The second-order valence-electron chi connectivity index (χ2n) is 5.39. The number of hydrogen-bond donors (Lipinski definition) is 1. The molecule has 0 spiro atoms. The Labute approximate surface area is 119 Å². The van der Waals surface area contributed by atoms with Gasteiger partial charge in [0.2, 0.25) is 0 Å². The Morgan fingerprint density at radius 1 is 1.40 bits per heavy atom. The molecule has 2 rings (SSSR count). The molecule has 0 amide bonds. The van der Waals surface area contributed by atoms with Crippen LogP contribution in [0.3, 0.4) is 0 Å². The van der Waals surface area contributed by atoms with Crippen LogP contribution < -0.4 is 0 Å². The minimum Gasteiger partial charge on any atom is -0.388 e. The largest absolute Gasteiger partial charge is 0.388 e. The van der Waals surface area contributed by atoms with Gasteiger partial charge in [-0.25, -0.2) is 12.8 Å². The molecule has 1 aliphatic rings. The van der Waals surface area contributed by atoms with Crippen LogP contribution in [0, 0.1) is 5.82 Å². The summed E-state index contributed by atoms with van der Waals surface area (Å²) in [5, 5.41) is 10.0. The zero-order valence-corrected chi connectivity index (χ0v) is 12.3. The average molecular weight is 301 g/mol. The summed E-state index contributed by atoms with van der Waals surface area (Å²) in [6.07, 6.45) is 0.500. The highest BCUT2D eigenvalue weighted by Gasteiger charge is 2.30. The number of aliphatic hydroxyl groups is 1. The van der Waals surface area contributed by atoms with E-state index in [1.165, 1.54) is 12.1 Å². The Kier molecular flexibility index (Phi) is 4.78. The van der Waals surface area contributed by atoms with Crippen molar-refractivity contribution in [2.75, 3.05) is 25.1 Å². The SMILES string of the molecule is CN(CCC(O)c1ccc(F)cc1)C1CCS(=O)(=O)C1. The van der Waals surface area contributed by atoms with E-state index in [0.29, 0.717) is 24.9 Å². The van der Waals surface area contributed by atoms with Crippen LogP contribution >= 0.6 is 0 Å². The first-order valence-electron chi connectivity index (χ1n) is 6.71. The van der Waals surface area contributed by atoms with Gasteiger partial charge in [-0.15, -0.1) is 0 Å². The molecule has 6 heteroatoms. The first kappa shape index (κ1) is 15.4. The lowest BCUT2D eigenvalue weighted by Gasteiger charge is -2.24. The molecule has 1 fully saturated rings. The summed E-state index contributed by atoms with van der Waals surface area (Å²) in [5.74, 6) is 0.132. The molecule has 0 radical (unpaired) electrons. The molecule has 1 aliphatic heterocycles. The lowest BCUT2D eigenvalue weighted by Crippen LogP contribution is -2.34. The van der Waals surface area contributed by atoms with Gasteiger partial charge in [-0.1, -0.05) is 12.1 Å². The van der Waals surface area contributed by atoms with Crippen molar-refractivity contribution in [3.63, 3.8) is 0 Å². The summed E-state index contributed by atoms with van der Waals surface area (Å²) in [6, 6.07) is 5.83. The van der Waals surface area contributed by atoms with E-state index in [1.54, 1.807) is 12.1 Å². The van der Waals surface area contributed by atoms with Crippen LogP contribution in [0.1, 0.15) is 24.5 Å². The van der Waals surface area contributed by atoms with Crippen molar-refractivity contribution in [2.24, 2.45) is 0 Å². The highest BCUT2D eigenvalue weighted by atomic mass is 32.2. The van der Waals surface area contributed by atoms with E-state index < -0.39 is 15.9 Å². The molecule has 1 heterocycles. The quantitative estimate of drug-likeness (QED) is 0.892. The minimum atomic E-state index is -2.88. The lowest BCUT2D eigenvalue weighted by molar-refractivity contribution is 0.140. The normalized spacial score (nSPS) is 23.1. The molecule has 1 aromatic carbocycles. The van der Waals surface area contributed by atoms with E-state index in [9.17, 15) is 17.9 Å². The molecule has 4 nitrogen and oxygen atoms in total. The molecule has 1 aromatic rings. The molecule has 112 valence electrons. The fraction of sp³-hybridized carbons (Fsp3) is 0.571. The van der Waals surface area contributed by atoms with E-state index in [-0.39, 0.29) is 23.4 Å². The molecular formula is C14H20FNO3S. The molecule has 0 saturated carbocycles. The number of nitrogens with zero attached hydrogens (tertiary/aromatic N) is 1. The molecule has 0 aliphatic carbocycles. The van der Waals surface area contributed by atoms with Crippen molar-refractivity contribution >= 4 is 9.84 Å². The van der Waals surface area contributed by atoms with Gasteiger partial charge in [0.05, 0.1) is 17.6 Å². The summed E-state index contributed by atoms with van der Waals surface area (Å²) in [7, 11) is -1.00. The van der Waals surface area contributed by atoms with Crippen molar-refractivity contribution in [1.29, 1.82) is 0 Å². The van der Waals surface area contributed by atoms with E-state index in [2.05, 4.69) is 0 Å². The maximum Gasteiger partial charge on any atom is 0.151 e. The Hall–Kier alpha value is -0.980. The number of sulfone groups is 1. The summed E-state index contributed by atoms with van der Waals surface area (Å²) in [6.45, 7) is 0.610. The fourth-order valence-electron chi connectivity index (χ4n) is 2.48. The molecular weight excluding hydrogens is 281 g/mol. The molecule has 0 aromatic heterocycles. The van der Waals surface area contributed by atoms with Crippen LogP contribution in [0.25, 0.3) is 0 Å². The van der Waals surface area contributed by atoms with E-state index >= 15 is 0 Å². The Bertz CT molecular complexity index is 544. The van der Waals surface area contributed by atoms with Crippen LogP contribution in [0.15, 0.2) is 24.3 Å². The van der Waals surface area contributed by atoms with Gasteiger partial charge in [0.15, 0.2) is 9.84 Å². The van der Waals surface area contributed by atoms with Gasteiger partial charge in [0.25, 0.3) is 0 Å². The predicted molar refractivity (Wildman–Crippen MR) is 75.7 cm³/mol. The van der Waals surface area contributed by atoms with Crippen LogP contribution in [0.2, 0.25) is 0 Å². The summed E-state index contributed by atoms with van der Waals surface area (Å²) >= 11 is 0.